The van der Waals surface area contributed by atoms with E-state index in [0.29, 0.717) is 23.8 Å². The molecule has 3 fully saturated rings. The largest absolute Gasteiger partial charge is 0.339 e. The van der Waals surface area contributed by atoms with Crippen molar-refractivity contribution in [2.24, 2.45) is 5.92 Å². The molecule has 5 nitrogen and oxygen atoms in total. The molecule has 0 aromatic carbocycles. The zero-order valence-electron chi connectivity index (χ0n) is 14.9. The number of nitrogens with zero attached hydrogens (tertiary/aromatic N) is 4. The fourth-order valence-electron chi connectivity index (χ4n) is 4.88. The Bertz CT molecular complexity index is 570. The van der Waals surface area contributed by atoms with E-state index in [-0.39, 0.29) is 0 Å². The van der Waals surface area contributed by atoms with Crippen LogP contribution < -0.4 is 0 Å². The van der Waals surface area contributed by atoms with Gasteiger partial charge in [-0.3, -0.25) is 4.79 Å². The highest BCUT2D eigenvalue weighted by atomic mass is 16.2. The SMILES string of the molecule is CN1CCC(c2nccn2C[C@@H]2CC(=O)N(C3CCCC3)C2)CC1. The molecule has 1 atom stereocenters. The van der Waals surface area contributed by atoms with Gasteiger partial charge >= 0.3 is 0 Å². The standard InChI is InChI=1S/C19H30N4O/c1-21-9-6-16(7-10-21)19-20-8-11-22(19)13-15-12-18(24)23(14-15)17-4-2-3-5-17/h8,11,15-17H,2-7,9-10,12-14H2,1H3/t15-/m0/s1. The minimum absolute atomic E-state index is 0.382. The summed E-state index contributed by atoms with van der Waals surface area (Å²) in [5.74, 6) is 2.67. The summed E-state index contributed by atoms with van der Waals surface area (Å²) in [4.78, 5) is 21.7. The molecule has 0 bridgehead atoms. The van der Waals surface area contributed by atoms with Crippen molar-refractivity contribution in [3.05, 3.63) is 18.2 Å². The number of amides is 1. The number of hydrogen-bond acceptors (Lipinski definition) is 3. The molecule has 1 amide bonds. The molecule has 1 saturated carbocycles. The lowest BCUT2D eigenvalue weighted by molar-refractivity contribution is -0.129. The van der Waals surface area contributed by atoms with E-state index in [2.05, 4.69) is 32.6 Å². The predicted octanol–water partition coefficient (Wildman–Crippen LogP) is 2.48. The second-order valence-corrected chi connectivity index (χ2v) is 8.07. The van der Waals surface area contributed by atoms with Crippen molar-refractivity contribution in [1.29, 1.82) is 0 Å². The summed E-state index contributed by atoms with van der Waals surface area (Å²) in [6.07, 6.45) is 12.2. The molecule has 1 aromatic rings. The third-order valence-corrected chi connectivity index (χ3v) is 6.29. The number of hydrogen-bond donors (Lipinski definition) is 0. The van der Waals surface area contributed by atoms with Crippen LogP contribution in [-0.2, 0) is 11.3 Å². The van der Waals surface area contributed by atoms with E-state index in [1.54, 1.807) is 0 Å². The van der Waals surface area contributed by atoms with Gasteiger partial charge in [-0.2, -0.15) is 0 Å². The quantitative estimate of drug-likeness (QED) is 0.852. The average Bonchev–Trinajstić information content (AvgIpc) is 3.30. The Labute approximate surface area is 145 Å². The Hall–Kier alpha value is -1.36. The highest BCUT2D eigenvalue weighted by Gasteiger charge is 2.36. The Morgan fingerprint density at radius 1 is 1.17 bits per heavy atom. The van der Waals surface area contributed by atoms with Crippen molar-refractivity contribution in [3.8, 4) is 0 Å². The normalized spacial score (nSPS) is 27.5. The van der Waals surface area contributed by atoms with Crippen LogP contribution in [0.4, 0.5) is 0 Å². The summed E-state index contributed by atoms with van der Waals surface area (Å²) in [6, 6.07) is 0.527. The van der Waals surface area contributed by atoms with Crippen LogP contribution in [0.5, 0.6) is 0 Å². The number of aromatic nitrogens is 2. The predicted molar refractivity (Wildman–Crippen MR) is 93.8 cm³/mol. The van der Waals surface area contributed by atoms with Gasteiger partial charge in [0.1, 0.15) is 5.82 Å². The molecule has 3 heterocycles. The molecular formula is C19H30N4O. The summed E-state index contributed by atoms with van der Waals surface area (Å²) in [5.41, 5.74) is 0. The summed E-state index contributed by atoms with van der Waals surface area (Å²) >= 11 is 0. The Morgan fingerprint density at radius 3 is 2.67 bits per heavy atom. The molecule has 0 unspecified atom stereocenters. The zero-order valence-corrected chi connectivity index (χ0v) is 14.9. The van der Waals surface area contributed by atoms with Gasteiger partial charge in [-0.15, -0.1) is 0 Å². The number of rotatable bonds is 4. The summed E-state index contributed by atoms with van der Waals surface area (Å²) in [5, 5.41) is 0. The molecule has 0 spiro atoms. The van der Waals surface area contributed by atoms with Crippen LogP contribution in [0.15, 0.2) is 12.4 Å². The molecule has 3 aliphatic rings. The van der Waals surface area contributed by atoms with E-state index in [1.165, 1.54) is 44.3 Å². The minimum Gasteiger partial charge on any atom is -0.339 e. The molecule has 2 saturated heterocycles. The molecule has 2 aliphatic heterocycles. The molecule has 0 radical (unpaired) electrons. The van der Waals surface area contributed by atoms with E-state index in [1.807, 2.05) is 6.20 Å². The fourth-order valence-corrected chi connectivity index (χ4v) is 4.88. The summed E-state index contributed by atoms with van der Waals surface area (Å²) in [7, 11) is 2.20. The van der Waals surface area contributed by atoms with E-state index in [9.17, 15) is 4.79 Å². The van der Waals surface area contributed by atoms with Gasteiger partial charge in [-0.25, -0.2) is 4.98 Å². The maximum Gasteiger partial charge on any atom is 0.223 e. The van der Waals surface area contributed by atoms with E-state index in [0.717, 1.165) is 32.6 Å². The first-order valence-corrected chi connectivity index (χ1v) is 9.69. The third kappa shape index (κ3) is 3.23. The lowest BCUT2D eigenvalue weighted by Crippen LogP contribution is -2.34. The van der Waals surface area contributed by atoms with Gasteiger partial charge in [-0.05, 0) is 45.8 Å². The molecule has 4 rings (SSSR count). The van der Waals surface area contributed by atoms with E-state index >= 15 is 0 Å². The van der Waals surface area contributed by atoms with Crippen molar-refractivity contribution < 1.29 is 4.79 Å². The number of imidazole rings is 1. The number of likely N-dealkylation sites (tertiary alicyclic amines) is 2. The molecule has 5 heteroatoms. The van der Waals surface area contributed by atoms with Crippen LogP contribution in [0.2, 0.25) is 0 Å². The molecule has 0 N–H and O–H groups in total. The highest BCUT2D eigenvalue weighted by molar-refractivity contribution is 5.79. The molecule has 1 aliphatic carbocycles. The molecule has 132 valence electrons. The first kappa shape index (κ1) is 16.1. The Morgan fingerprint density at radius 2 is 1.92 bits per heavy atom. The van der Waals surface area contributed by atoms with Crippen molar-refractivity contribution in [3.63, 3.8) is 0 Å². The second kappa shape index (κ2) is 6.87. The lowest BCUT2D eigenvalue weighted by atomic mass is 9.96. The minimum atomic E-state index is 0.382. The van der Waals surface area contributed by atoms with Crippen molar-refractivity contribution in [1.82, 2.24) is 19.4 Å². The number of carbonyl (C=O) groups is 1. The van der Waals surface area contributed by atoms with Gasteiger partial charge in [0.2, 0.25) is 5.91 Å². The van der Waals surface area contributed by atoms with Crippen LogP contribution in [0.1, 0.15) is 56.7 Å². The van der Waals surface area contributed by atoms with E-state index in [4.69, 9.17) is 0 Å². The number of piperidine rings is 1. The van der Waals surface area contributed by atoms with Gasteiger partial charge in [0.15, 0.2) is 0 Å². The third-order valence-electron chi connectivity index (χ3n) is 6.29. The molecule has 1 aromatic heterocycles. The van der Waals surface area contributed by atoms with Gasteiger partial charge in [0.05, 0.1) is 0 Å². The van der Waals surface area contributed by atoms with Gasteiger partial charge in [0.25, 0.3) is 0 Å². The van der Waals surface area contributed by atoms with Gasteiger partial charge < -0.3 is 14.4 Å². The Kier molecular flexibility index (Phi) is 4.61. The first-order chi connectivity index (χ1) is 11.7. The second-order valence-electron chi connectivity index (χ2n) is 8.07. The average molecular weight is 330 g/mol. The summed E-state index contributed by atoms with van der Waals surface area (Å²) < 4.78 is 2.34. The van der Waals surface area contributed by atoms with E-state index < -0.39 is 0 Å². The highest BCUT2D eigenvalue weighted by Crippen LogP contribution is 2.31. The smallest absolute Gasteiger partial charge is 0.223 e. The van der Waals surface area contributed by atoms with Gasteiger partial charge in [-0.1, -0.05) is 12.8 Å². The van der Waals surface area contributed by atoms with Crippen molar-refractivity contribution in [2.75, 3.05) is 26.7 Å². The zero-order chi connectivity index (χ0) is 16.5. The topological polar surface area (TPSA) is 41.4 Å². The van der Waals surface area contributed by atoms with Crippen LogP contribution in [-0.4, -0.2) is 58.0 Å². The Balaban J connectivity index is 1.39. The number of carbonyl (C=O) groups excluding carboxylic acids is 1. The van der Waals surface area contributed by atoms with Crippen molar-refractivity contribution >= 4 is 5.91 Å². The van der Waals surface area contributed by atoms with Crippen LogP contribution in [0, 0.1) is 5.92 Å². The fraction of sp³-hybridized carbons (Fsp3) is 0.789. The maximum atomic E-state index is 12.4. The van der Waals surface area contributed by atoms with Crippen LogP contribution in [0.3, 0.4) is 0 Å². The van der Waals surface area contributed by atoms with Crippen LogP contribution >= 0.6 is 0 Å². The van der Waals surface area contributed by atoms with Crippen molar-refractivity contribution in [2.45, 2.75) is 63.5 Å². The summed E-state index contributed by atoms with van der Waals surface area (Å²) in [6.45, 7) is 4.23. The molecule has 24 heavy (non-hydrogen) atoms. The monoisotopic (exact) mass is 330 g/mol. The van der Waals surface area contributed by atoms with Crippen LogP contribution in [0.25, 0.3) is 0 Å². The first-order valence-electron chi connectivity index (χ1n) is 9.69. The maximum absolute atomic E-state index is 12.4. The van der Waals surface area contributed by atoms with Gasteiger partial charge in [0, 0.05) is 49.8 Å². The molecular weight excluding hydrogens is 300 g/mol. The lowest BCUT2D eigenvalue weighted by Gasteiger charge is -2.29.